The normalized spacial score (nSPS) is 11.8. The lowest BCUT2D eigenvalue weighted by Crippen LogP contribution is -2.03. The van der Waals surface area contributed by atoms with Crippen LogP contribution < -0.4 is 0 Å². The smallest absolute Gasteiger partial charge is 0.264 e. The second kappa shape index (κ2) is 10.4. The number of hydrogen-bond donors (Lipinski definition) is 4. The molecule has 0 aromatic rings. The summed E-state index contributed by atoms with van der Waals surface area (Å²) >= 11 is 7.63. The molecule has 106 valence electrons. The molecule has 0 heterocycles. The summed E-state index contributed by atoms with van der Waals surface area (Å²) in [6.07, 6.45) is 1.62. The van der Waals surface area contributed by atoms with Gasteiger partial charge in [-0.3, -0.25) is 9.11 Å². The molecule has 0 saturated carbocycles. The summed E-state index contributed by atoms with van der Waals surface area (Å²) in [5.74, 6) is 0.819. The summed E-state index contributed by atoms with van der Waals surface area (Å²) in [5.41, 5.74) is 0. The Morgan fingerprint density at radius 1 is 0.706 bits per heavy atom. The van der Waals surface area contributed by atoms with Gasteiger partial charge < -0.3 is 0 Å². The molecule has 0 aromatic heterocycles. The van der Waals surface area contributed by atoms with Crippen molar-refractivity contribution in [2.45, 2.75) is 19.3 Å². The van der Waals surface area contributed by atoms with Gasteiger partial charge in [0.15, 0.2) is 0 Å². The fourth-order valence-electron chi connectivity index (χ4n) is 0.643. The minimum atomic E-state index is -3.74. The largest absolute Gasteiger partial charge is 0.286 e. The number of unbranched alkanes of at least 4 members (excludes halogenated alkanes) is 1. The molecule has 10 heteroatoms. The Kier molecular flexibility index (Phi) is 12.2. The van der Waals surface area contributed by atoms with E-state index in [0.717, 1.165) is 6.42 Å². The van der Waals surface area contributed by atoms with E-state index in [1.807, 2.05) is 0 Å². The molecular weight excluding hydrogens is 308 g/mol. The predicted molar refractivity (Wildman–Crippen MR) is 74.4 cm³/mol. The van der Waals surface area contributed by atoms with E-state index in [9.17, 15) is 16.8 Å². The molecule has 0 radical (unpaired) electrons. The Balaban J connectivity index is 0. The molecule has 0 rings (SSSR count). The van der Waals surface area contributed by atoms with Gasteiger partial charge in [0.2, 0.25) is 0 Å². The molecule has 6 nitrogen and oxygen atoms in total. The zero-order chi connectivity index (χ0) is 13.9. The van der Waals surface area contributed by atoms with Gasteiger partial charge in [-0.1, -0.05) is 0 Å². The van der Waals surface area contributed by atoms with Crippen LogP contribution >= 0.6 is 25.3 Å². The van der Waals surface area contributed by atoms with Gasteiger partial charge in [0, 0.05) is 0 Å². The predicted octanol–water partition coefficient (Wildman–Crippen LogP) is 0.778. The summed E-state index contributed by atoms with van der Waals surface area (Å²) in [6, 6.07) is 0. The third kappa shape index (κ3) is 26.2. The van der Waals surface area contributed by atoms with E-state index < -0.39 is 20.2 Å². The van der Waals surface area contributed by atoms with Crippen molar-refractivity contribution >= 4 is 45.5 Å². The second-order valence-corrected chi connectivity index (χ2v) is 7.12. The molecule has 0 aliphatic rings. The highest BCUT2D eigenvalue weighted by atomic mass is 32.2. The zero-order valence-electron chi connectivity index (χ0n) is 9.19. The Hall–Kier alpha value is 0.520. The third-order valence-corrected chi connectivity index (χ3v) is 3.61. The van der Waals surface area contributed by atoms with Crippen molar-refractivity contribution in [3.05, 3.63) is 0 Å². The molecule has 0 aliphatic heterocycles. The molecule has 0 fully saturated rings. The van der Waals surface area contributed by atoms with Crippen molar-refractivity contribution in [2.75, 3.05) is 23.0 Å². The summed E-state index contributed by atoms with van der Waals surface area (Å²) in [6.45, 7) is 0. The van der Waals surface area contributed by atoms with Crippen LogP contribution in [0.2, 0.25) is 0 Å². The van der Waals surface area contributed by atoms with Crippen LogP contribution in [0.1, 0.15) is 19.3 Å². The van der Waals surface area contributed by atoms with Crippen LogP contribution in [0.25, 0.3) is 0 Å². The van der Waals surface area contributed by atoms with Crippen LogP contribution in [0.3, 0.4) is 0 Å². The van der Waals surface area contributed by atoms with Gasteiger partial charge in [-0.05, 0) is 30.8 Å². The summed E-state index contributed by atoms with van der Waals surface area (Å²) < 4.78 is 56.2. The quantitative estimate of drug-likeness (QED) is 0.313. The average molecular weight is 326 g/mol. The lowest BCUT2D eigenvalue weighted by Gasteiger charge is -1.92. The third-order valence-electron chi connectivity index (χ3n) is 1.37. The van der Waals surface area contributed by atoms with Crippen LogP contribution in [0.4, 0.5) is 0 Å². The van der Waals surface area contributed by atoms with Crippen molar-refractivity contribution in [3.63, 3.8) is 0 Å². The van der Waals surface area contributed by atoms with Crippen LogP contribution in [-0.2, 0) is 20.2 Å². The molecule has 0 bridgehead atoms. The van der Waals surface area contributed by atoms with Gasteiger partial charge in [-0.2, -0.15) is 42.1 Å². The highest BCUT2D eigenvalue weighted by Gasteiger charge is 2.01. The summed E-state index contributed by atoms with van der Waals surface area (Å²) in [5, 5.41) is 0. The van der Waals surface area contributed by atoms with Crippen LogP contribution in [0, 0.1) is 0 Å². The lowest BCUT2D eigenvalue weighted by molar-refractivity contribution is 0.479. The number of hydrogen-bond acceptors (Lipinski definition) is 6. The highest BCUT2D eigenvalue weighted by molar-refractivity contribution is 7.86. The Labute approximate surface area is 114 Å². The minimum absolute atomic E-state index is 0.145. The maximum atomic E-state index is 10.0. The van der Waals surface area contributed by atoms with E-state index in [1.54, 1.807) is 0 Å². The van der Waals surface area contributed by atoms with Gasteiger partial charge in [-0.25, -0.2) is 0 Å². The Bertz CT molecular complexity index is 360. The average Bonchev–Trinajstić information content (AvgIpc) is 2.13. The van der Waals surface area contributed by atoms with E-state index in [2.05, 4.69) is 25.3 Å². The van der Waals surface area contributed by atoms with Gasteiger partial charge in [0.05, 0.1) is 11.5 Å². The molecule has 0 spiro atoms. The van der Waals surface area contributed by atoms with Gasteiger partial charge >= 0.3 is 0 Å². The van der Waals surface area contributed by atoms with Crippen molar-refractivity contribution in [3.8, 4) is 0 Å². The molecule has 17 heavy (non-hydrogen) atoms. The molecule has 0 aromatic carbocycles. The summed E-state index contributed by atoms with van der Waals surface area (Å²) in [7, 11) is -7.47. The van der Waals surface area contributed by atoms with Crippen molar-refractivity contribution in [2.24, 2.45) is 0 Å². The number of thiol groups is 2. The zero-order valence-corrected chi connectivity index (χ0v) is 12.6. The monoisotopic (exact) mass is 326 g/mol. The SMILES string of the molecule is O=S(=O)(O)CCCCS.O=S(=O)(O)CCCS. The fourth-order valence-corrected chi connectivity index (χ4v) is 2.32. The maximum absolute atomic E-state index is 10.0. The molecule has 2 N–H and O–H groups in total. The number of rotatable bonds is 7. The fraction of sp³-hybridized carbons (Fsp3) is 1.00. The molecule has 0 saturated heterocycles. The van der Waals surface area contributed by atoms with Gasteiger partial charge in [-0.15, -0.1) is 0 Å². The van der Waals surface area contributed by atoms with Crippen molar-refractivity contribution in [1.82, 2.24) is 0 Å². The first-order valence-corrected chi connectivity index (χ1v) is 9.22. The topological polar surface area (TPSA) is 109 Å². The van der Waals surface area contributed by atoms with E-state index in [-0.39, 0.29) is 11.5 Å². The first-order chi connectivity index (χ1) is 7.62. The lowest BCUT2D eigenvalue weighted by atomic mass is 10.4. The maximum Gasteiger partial charge on any atom is 0.264 e. The molecule has 0 unspecified atom stereocenters. The summed E-state index contributed by atoms with van der Waals surface area (Å²) in [4.78, 5) is 0. The molecule has 0 atom stereocenters. The van der Waals surface area contributed by atoms with Crippen molar-refractivity contribution < 1.29 is 25.9 Å². The molecule has 0 amide bonds. The first-order valence-electron chi connectivity index (χ1n) is 4.74. The highest BCUT2D eigenvalue weighted by Crippen LogP contribution is 1.94. The van der Waals surface area contributed by atoms with Gasteiger partial charge in [0.1, 0.15) is 0 Å². The van der Waals surface area contributed by atoms with Crippen LogP contribution in [0.15, 0.2) is 0 Å². The first kappa shape index (κ1) is 19.9. The Morgan fingerprint density at radius 3 is 1.29 bits per heavy atom. The minimum Gasteiger partial charge on any atom is -0.286 e. The Morgan fingerprint density at radius 2 is 1.06 bits per heavy atom. The van der Waals surface area contributed by atoms with E-state index in [0.29, 0.717) is 24.3 Å². The molecule has 0 aliphatic carbocycles. The second-order valence-electron chi connectivity index (χ2n) is 3.08. The molecular formula is C7H18O6S4. The van der Waals surface area contributed by atoms with Crippen molar-refractivity contribution in [1.29, 1.82) is 0 Å². The van der Waals surface area contributed by atoms with Crippen LogP contribution in [0.5, 0.6) is 0 Å². The van der Waals surface area contributed by atoms with Crippen LogP contribution in [-0.4, -0.2) is 49.0 Å². The van der Waals surface area contributed by atoms with E-state index in [4.69, 9.17) is 9.11 Å². The van der Waals surface area contributed by atoms with E-state index >= 15 is 0 Å². The standard InChI is InChI=1S/C4H10O3S2.C3H8O3S2/c5-9(6,7)4-2-1-3-8;4-8(5,6)3-1-2-7/h8H,1-4H2,(H,5,6,7);7H,1-3H2,(H,4,5,6). The van der Waals surface area contributed by atoms with E-state index in [1.165, 1.54) is 0 Å². The van der Waals surface area contributed by atoms with Gasteiger partial charge in [0.25, 0.3) is 20.2 Å².